The van der Waals surface area contributed by atoms with Crippen LogP contribution in [0, 0.1) is 22.7 Å². The predicted molar refractivity (Wildman–Crippen MR) is 88.7 cm³/mol. The van der Waals surface area contributed by atoms with Gasteiger partial charge in [0.2, 0.25) is 0 Å². The molecule has 0 spiro atoms. The van der Waals surface area contributed by atoms with E-state index in [1.165, 1.54) is 0 Å². The van der Waals surface area contributed by atoms with Gasteiger partial charge in [-0.05, 0) is 42.3 Å². The molecule has 3 amide bonds. The van der Waals surface area contributed by atoms with Crippen molar-refractivity contribution in [3.63, 3.8) is 0 Å². The molecule has 1 aliphatic heterocycles. The highest BCUT2D eigenvalue weighted by Crippen LogP contribution is 2.30. The molecule has 3 rings (SSSR count). The van der Waals surface area contributed by atoms with Crippen LogP contribution in [-0.2, 0) is 16.9 Å². The summed E-state index contributed by atoms with van der Waals surface area (Å²) in [6, 6.07) is 17.0. The molecular formula is C19H14N4O2. The molecule has 1 fully saturated rings. The molecule has 2 aromatic carbocycles. The van der Waals surface area contributed by atoms with Crippen LogP contribution in [0.4, 0.5) is 4.79 Å². The number of hydrogen-bond acceptors (Lipinski definition) is 4. The number of hydrogen-bond donors (Lipinski definition) is 1. The lowest BCUT2D eigenvalue weighted by Gasteiger charge is -2.22. The minimum absolute atomic E-state index is 0.0771. The fraction of sp³-hybridized carbons (Fsp3) is 0.158. The lowest BCUT2D eigenvalue weighted by Crippen LogP contribution is -2.40. The van der Waals surface area contributed by atoms with Gasteiger partial charge in [-0.3, -0.25) is 9.69 Å². The second kappa shape index (κ2) is 6.10. The number of rotatable bonds is 3. The summed E-state index contributed by atoms with van der Waals surface area (Å²) < 4.78 is 0. The zero-order valence-corrected chi connectivity index (χ0v) is 13.5. The standard InChI is InChI=1S/C19H14N4O2/c1-19(16-7-3-5-14(9-16)11-21)17(24)23(18(25)22-19)12-15-6-2-4-13(8-15)10-20/h2-9H,12H2,1H3,(H,22,25). The number of nitrogens with zero attached hydrogens (tertiary/aromatic N) is 3. The van der Waals surface area contributed by atoms with E-state index < -0.39 is 17.5 Å². The van der Waals surface area contributed by atoms with Gasteiger partial charge in [-0.2, -0.15) is 10.5 Å². The molecule has 1 saturated heterocycles. The summed E-state index contributed by atoms with van der Waals surface area (Å²) in [4.78, 5) is 26.4. The second-order valence-corrected chi connectivity index (χ2v) is 5.95. The molecule has 1 N–H and O–H groups in total. The average molecular weight is 330 g/mol. The summed E-state index contributed by atoms with van der Waals surface area (Å²) >= 11 is 0. The van der Waals surface area contributed by atoms with Crippen molar-refractivity contribution < 1.29 is 9.59 Å². The fourth-order valence-corrected chi connectivity index (χ4v) is 2.86. The maximum absolute atomic E-state index is 12.9. The van der Waals surface area contributed by atoms with Gasteiger partial charge in [0.15, 0.2) is 0 Å². The largest absolute Gasteiger partial charge is 0.325 e. The van der Waals surface area contributed by atoms with Crippen molar-refractivity contribution in [2.45, 2.75) is 19.0 Å². The zero-order chi connectivity index (χ0) is 18.0. The first-order chi connectivity index (χ1) is 12.0. The van der Waals surface area contributed by atoms with Crippen LogP contribution in [-0.4, -0.2) is 16.8 Å². The van der Waals surface area contributed by atoms with Crippen LogP contribution in [0.2, 0.25) is 0 Å². The highest BCUT2D eigenvalue weighted by molar-refractivity contribution is 6.07. The Balaban J connectivity index is 1.91. The van der Waals surface area contributed by atoms with Crippen LogP contribution >= 0.6 is 0 Å². The molecule has 1 unspecified atom stereocenters. The van der Waals surface area contributed by atoms with Crippen LogP contribution in [0.1, 0.15) is 29.2 Å². The molecular weight excluding hydrogens is 316 g/mol. The van der Waals surface area contributed by atoms with Gasteiger partial charge >= 0.3 is 6.03 Å². The van der Waals surface area contributed by atoms with Crippen LogP contribution in [0.5, 0.6) is 0 Å². The van der Waals surface area contributed by atoms with Crippen molar-refractivity contribution in [2.75, 3.05) is 0 Å². The van der Waals surface area contributed by atoms with Gasteiger partial charge in [-0.15, -0.1) is 0 Å². The smallest absolute Gasteiger partial charge is 0.319 e. The Morgan fingerprint density at radius 2 is 1.68 bits per heavy atom. The van der Waals surface area contributed by atoms with Crippen LogP contribution in [0.25, 0.3) is 0 Å². The van der Waals surface area contributed by atoms with E-state index in [1.54, 1.807) is 55.5 Å². The topological polar surface area (TPSA) is 97.0 Å². The number of imide groups is 1. The van der Waals surface area contributed by atoms with E-state index in [0.717, 1.165) is 4.90 Å². The summed E-state index contributed by atoms with van der Waals surface area (Å²) in [6.45, 7) is 1.70. The first kappa shape index (κ1) is 16.2. The molecule has 122 valence electrons. The summed E-state index contributed by atoms with van der Waals surface area (Å²) in [5.41, 5.74) is 0.905. The van der Waals surface area contributed by atoms with Gasteiger partial charge in [0.25, 0.3) is 5.91 Å². The highest BCUT2D eigenvalue weighted by atomic mass is 16.2. The molecule has 0 aliphatic carbocycles. The van der Waals surface area contributed by atoms with E-state index in [1.807, 2.05) is 12.1 Å². The van der Waals surface area contributed by atoms with Crippen molar-refractivity contribution in [3.05, 3.63) is 70.8 Å². The molecule has 0 saturated carbocycles. The Morgan fingerprint density at radius 1 is 1.04 bits per heavy atom. The monoisotopic (exact) mass is 330 g/mol. The van der Waals surface area contributed by atoms with Crippen molar-refractivity contribution in [1.29, 1.82) is 10.5 Å². The number of nitriles is 2. The molecule has 1 heterocycles. The summed E-state index contributed by atoms with van der Waals surface area (Å²) in [5, 5.41) is 20.7. The number of carbonyl (C=O) groups is 2. The molecule has 1 aliphatic rings. The molecule has 2 aromatic rings. The third-order valence-corrected chi connectivity index (χ3v) is 4.24. The molecule has 25 heavy (non-hydrogen) atoms. The molecule has 0 radical (unpaired) electrons. The Hall–Kier alpha value is -3.64. The van der Waals surface area contributed by atoms with E-state index in [-0.39, 0.29) is 6.54 Å². The van der Waals surface area contributed by atoms with Gasteiger partial charge in [0, 0.05) is 0 Å². The highest BCUT2D eigenvalue weighted by Gasteiger charge is 2.48. The van der Waals surface area contributed by atoms with Crippen molar-refractivity contribution in [1.82, 2.24) is 10.2 Å². The number of amides is 3. The van der Waals surface area contributed by atoms with Crippen molar-refractivity contribution in [3.8, 4) is 12.1 Å². The van der Waals surface area contributed by atoms with Crippen LogP contribution in [0.15, 0.2) is 48.5 Å². The van der Waals surface area contributed by atoms with Crippen LogP contribution < -0.4 is 5.32 Å². The molecule has 0 aromatic heterocycles. The SMILES string of the molecule is CC1(c2cccc(C#N)c2)NC(=O)N(Cc2cccc(C#N)c2)C1=O. The maximum atomic E-state index is 12.9. The lowest BCUT2D eigenvalue weighted by molar-refractivity contribution is -0.131. The van der Waals surface area contributed by atoms with E-state index >= 15 is 0 Å². The quantitative estimate of drug-likeness (QED) is 0.874. The molecule has 1 atom stereocenters. The normalized spacial score (nSPS) is 19.2. The summed E-state index contributed by atoms with van der Waals surface area (Å²) in [7, 11) is 0. The molecule has 0 bridgehead atoms. The predicted octanol–water partition coefficient (Wildman–Crippen LogP) is 2.40. The number of benzene rings is 2. The molecule has 6 heteroatoms. The molecule has 6 nitrogen and oxygen atoms in total. The van der Waals surface area contributed by atoms with Gasteiger partial charge in [-0.1, -0.05) is 24.3 Å². The second-order valence-electron chi connectivity index (χ2n) is 5.95. The lowest BCUT2D eigenvalue weighted by atomic mass is 9.91. The fourth-order valence-electron chi connectivity index (χ4n) is 2.86. The van der Waals surface area contributed by atoms with Gasteiger partial charge in [0.05, 0.1) is 29.8 Å². The van der Waals surface area contributed by atoms with E-state index in [2.05, 4.69) is 5.32 Å². The number of urea groups is 1. The Kier molecular flexibility index (Phi) is 3.96. The van der Waals surface area contributed by atoms with Gasteiger partial charge in [0.1, 0.15) is 5.54 Å². The zero-order valence-electron chi connectivity index (χ0n) is 13.5. The first-order valence-electron chi connectivity index (χ1n) is 7.62. The number of nitrogens with one attached hydrogen (secondary N) is 1. The van der Waals surface area contributed by atoms with Crippen molar-refractivity contribution >= 4 is 11.9 Å². The summed E-state index contributed by atoms with van der Waals surface area (Å²) in [5.74, 6) is -0.394. The van der Waals surface area contributed by atoms with Crippen molar-refractivity contribution in [2.24, 2.45) is 0 Å². The Labute approximate surface area is 144 Å². The summed E-state index contributed by atoms with van der Waals surface area (Å²) in [6.07, 6.45) is 0. The maximum Gasteiger partial charge on any atom is 0.325 e. The van der Waals surface area contributed by atoms with Gasteiger partial charge in [-0.25, -0.2) is 4.79 Å². The van der Waals surface area contributed by atoms with E-state index in [4.69, 9.17) is 10.5 Å². The minimum Gasteiger partial charge on any atom is -0.319 e. The third kappa shape index (κ3) is 2.82. The first-order valence-corrected chi connectivity index (χ1v) is 7.62. The van der Waals surface area contributed by atoms with Gasteiger partial charge < -0.3 is 5.32 Å². The average Bonchev–Trinajstić information content (AvgIpc) is 2.86. The number of carbonyl (C=O) groups excluding carboxylic acids is 2. The third-order valence-electron chi connectivity index (χ3n) is 4.24. The minimum atomic E-state index is -1.23. The van der Waals surface area contributed by atoms with E-state index in [0.29, 0.717) is 22.3 Å². The van der Waals surface area contributed by atoms with E-state index in [9.17, 15) is 9.59 Å². The van der Waals surface area contributed by atoms with Crippen LogP contribution in [0.3, 0.4) is 0 Å². The Bertz CT molecular complexity index is 954. The Morgan fingerprint density at radius 3 is 2.36 bits per heavy atom.